The summed E-state index contributed by atoms with van der Waals surface area (Å²) in [7, 11) is 1.61. The Labute approximate surface area is 124 Å². The number of rotatable bonds is 2. The summed E-state index contributed by atoms with van der Waals surface area (Å²) in [5, 5.41) is 0.667. The zero-order valence-electron chi connectivity index (χ0n) is 12.5. The number of nitrogens with one attached hydrogen (secondary N) is 1. The average molecular weight is 281 g/mol. The zero-order chi connectivity index (χ0) is 15.2. The van der Waals surface area contributed by atoms with Crippen LogP contribution < -0.4 is 10.2 Å². The third kappa shape index (κ3) is 3.14. The summed E-state index contributed by atoms with van der Waals surface area (Å²) in [4.78, 5) is 15.4. The minimum Gasteiger partial charge on any atom is -0.497 e. The van der Waals surface area contributed by atoms with Gasteiger partial charge in [-0.1, -0.05) is 44.2 Å². The van der Waals surface area contributed by atoms with Crippen LogP contribution in [0.15, 0.2) is 59.4 Å². The van der Waals surface area contributed by atoms with Crippen molar-refractivity contribution in [2.24, 2.45) is 0 Å². The van der Waals surface area contributed by atoms with Crippen LogP contribution in [0.3, 0.4) is 0 Å². The van der Waals surface area contributed by atoms with Crippen molar-refractivity contribution in [2.45, 2.75) is 13.8 Å². The molecule has 0 radical (unpaired) electrons. The molecule has 1 aromatic heterocycles. The largest absolute Gasteiger partial charge is 0.497 e. The number of methoxy groups -OCH3 is 1. The molecule has 3 heteroatoms. The van der Waals surface area contributed by atoms with Gasteiger partial charge in [0, 0.05) is 23.2 Å². The number of aromatic nitrogens is 1. The first-order chi connectivity index (χ1) is 10.3. The monoisotopic (exact) mass is 281 g/mol. The summed E-state index contributed by atoms with van der Waals surface area (Å²) in [6.07, 6.45) is 0. The van der Waals surface area contributed by atoms with E-state index in [1.807, 2.05) is 50.2 Å². The molecule has 0 aliphatic carbocycles. The van der Waals surface area contributed by atoms with Gasteiger partial charge in [-0.2, -0.15) is 0 Å². The van der Waals surface area contributed by atoms with Crippen molar-refractivity contribution in [3.63, 3.8) is 0 Å². The second kappa shape index (κ2) is 6.75. The molecule has 0 atom stereocenters. The first-order valence-electron chi connectivity index (χ1n) is 7.04. The van der Waals surface area contributed by atoms with Crippen molar-refractivity contribution < 1.29 is 4.74 Å². The van der Waals surface area contributed by atoms with Gasteiger partial charge in [-0.25, -0.2) is 0 Å². The molecule has 2 aromatic carbocycles. The van der Waals surface area contributed by atoms with E-state index in [0.717, 1.165) is 22.5 Å². The van der Waals surface area contributed by atoms with Gasteiger partial charge in [0.2, 0.25) is 0 Å². The summed E-state index contributed by atoms with van der Waals surface area (Å²) in [6, 6.07) is 16.8. The number of hydrogen-bond acceptors (Lipinski definition) is 2. The van der Waals surface area contributed by atoms with Crippen molar-refractivity contribution in [1.29, 1.82) is 0 Å². The standard InChI is InChI=1S/C16H13NO2.C2H6/c1-19-12-7-8-13-15(9-12)17-14(10-16(13)18)11-5-3-2-4-6-11;1-2/h2-10H,1H3,(H,17,18);1-2H3. The van der Waals surface area contributed by atoms with Crippen molar-refractivity contribution in [3.05, 3.63) is 64.8 Å². The van der Waals surface area contributed by atoms with E-state index in [0.29, 0.717) is 5.39 Å². The molecule has 3 nitrogen and oxygen atoms in total. The Morgan fingerprint density at radius 3 is 2.33 bits per heavy atom. The van der Waals surface area contributed by atoms with Gasteiger partial charge < -0.3 is 9.72 Å². The summed E-state index contributed by atoms with van der Waals surface area (Å²) in [5.41, 5.74) is 2.59. The van der Waals surface area contributed by atoms with Gasteiger partial charge in [0.15, 0.2) is 5.43 Å². The lowest BCUT2D eigenvalue weighted by Crippen LogP contribution is -2.03. The van der Waals surface area contributed by atoms with Gasteiger partial charge in [0.1, 0.15) is 5.75 Å². The van der Waals surface area contributed by atoms with Crippen LogP contribution in [0.2, 0.25) is 0 Å². The molecule has 3 rings (SSSR count). The fourth-order valence-corrected chi connectivity index (χ4v) is 2.13. The van der Waals surface area contributed by atoms with Crippen LogP contribution in [0.25, 0.3) is 22.2 Å². The summed E-state index contributed by atoms with van der Waals surface area (Å²) in [5.74, 6) is 0.730. The maximum absolute atomic E-state index is 12.1. The quantitative estimate of drug-likeness (QED) is 0.763. The Hall–Kier alpha value is -2.55. The first kappa shape index (κ1) is 14.9. The fraction of sp³-hybridized carbons (Fsp3) is 0.167. The lowest BCUT2D eigenvalue weighted by atomic mass is 10.1. The second-order valence-corrected chi connectivity index (χ2v) is 4.32. The van der Waals surface area contributed by atoms with Crippen LogP contribution in [0.5, 0.6) is 5.75 Å². The molecule has 0 unspecified atom stereocenters. The number of benzene rings is 2. The number of aromatic amines is 1. The summed E-state index contributed by atoms with van der Waals surface area (Å²) < 4.78 is 5.19. The van der Waals surface area contributed by atoms with Crippen molar-refractivity contribution >= 4 is 10.9 Å². The number of H-pyrrole nitrogens is 1. The first-order valence-corrected chi connectivity index (χ1v) is 7.04. The van der Waals surface area contributed by atoms with E-state index < -0.39 is 0 Å². The zero-order valence-corrected chi connectivity index (χ0v) is 12.5. The van der Waals surface area contributed by atoms with Crippen LogP contribution in [0, 0.1) is 0 Å². The lowest BCUT2D eigenvalue weighted by molar-refractivity contribution is 0.415. The molecule has 21 heavy (non-hydrogen) atoms. The van der Waals surface area contributed by atoms with E-state index in [2.05, 4.69) is 4.98 Å². The lowest BCUT2D eigenvalue weighted by Gasteiger charge is -2.06. The van der Waals surface area contributed by atoms with E-state index in [1.165, 1.54) is 0 Å². The third-order valence-corrected chi connectivity index (χ3v) is 3.12. The number of ether oxygens (including phenoxy) is 1. The maximum Gasteiger partial charge on any atom is 0.190 e. The van der Waals surface area contributed by atoms with E-state index in [4.69, 9.17) is 4.74 Å². The second-order valence-electron chi connectivity index (χ2n) is 4.32. The van der Waals surface area contributed by atoms with Crippen LogP contribution in [0.4, 0.5) is 0 Å². The molecule has 0 bridgehead atoms. The van der Waals surface area contributed by atoms with Gasteiger partial charge in [-0.05, 0) is 17.7 Å². The molecule has 1 N–H and O–H groups in total. The van der Waals surface area contributed by atoms with Gasteiger partial charge in [-0.15, -0.1) is 0 Å². The van der Waals surface area contributed by atoms with Crippen LogP contribution in [-0.2, 0) is 0 Å². The van der Waals surface area contributed by atoms with Gasteiger partial charge >= 0.3 is 0 Å². The minimum absolute atomic E-state index is 0.00950. The van der Waals surface area contributed by atoms with E-state index in [1.54, 1.807) is 25.3 Å². The van der Waals surface area contributed by atoms with Gasteiger partial charge in [0.05, 0.1) is 12.6 Å². The van der Waals surface area contributed by atoms with E-state index >= 15 is 0 Å². The highest BCUT2D eigenvalue weighted by Crippen LogP contribution is 2.21. The average Bonchev–Trinajstić information content (AvgIpc) is 2.57. The molecule has 0 aliphatic heterocycles. The molecule has 108 valence electrons. The maximum atomic E-state index is 12.1. The smallest absolute Gasteiger partial charge is 0.190 e. The molecule has 3 aromatic rings. The van der Waals surface area contributed by atoms with Crippen LogP contribution >= 0.6 is 0 Å². The number of pyridine rings is 1. The Balaban J connectivity index is 0.000000774. The Kier molecular flexibility index (Phi) is 4.77. The Bertz CT molecular complexity index is 776. The predicted octanol–water partition coefficient (Wildman–Crippen LogP) is 4.23. The minimum atomic E-state index is 0.00950. The molecule has 0 amide bonds. The van der Waals surface area contributed by atoms with E-state index in [-0.39, 0.29) is 5.43 Å². The van der Waals surface area contributed by atoms with Crippen molar-refractivity contribution in [1.82, 2.24) is 4.98 Å². The molecule has 1 heterocycles. The van der Waals surface area contributed by atoms with Gasteiger partial charge in [-0.3, -0.25) is 4.79 Å². The number of hydrogen-bond donors (Lipinski definition) is 1. The van der Waals surface area contributed by atoms with Crippen LogP contribution in [0.1, 0.15) is 13.8 Å². The molecule has 0 saturated carbocycles. The SMILES string of the molecule is CC.COc1ccc2c(=O)cc(-c3ccccc3)[nH]c2c1. The molecule has 0 saturated heterocycles. The molecular formula is C18H19NO2. The highest BCUT2D eigenvalue weighted by molar-refractivity contribution is 5.82. The highest BCUT2D eigenvalue weighted by Gasteiger charge is 2.05. The highest BCUT2D eigenvalue weighted by atomic mass is 16.5. The van der Waals surface area contributed by atoms with Crippen LogP contribution in [-0.4, -0.2) is 12.1 Å². The topological polar surface area (TPSA) is 42.1 Å². The van der Waals surface area contributed by atoms with Crippen molar-refractivity contribution in [3.8, 4) is 17.0 Å². The summed E-state index contributed by atoms with van der Waals surface area (Å²) >= 11 is 0. The Morgan fingerprint density at radius 2 is 1.67 bits per heavy atom. The number of fused-ring (bicyclic) bond motifs is 1. The molecular weight excluding hydrogens is 262 g/mol. The third-order valence-electron chi connectivity index (χ3n) is 3.12. The molecule has 0 fully saturated rings. The van der Waals surface area contributed by atoms with E-state index in [9.17, 15) is 4.79 Å². The fourth-order valence-electron chi connectivity index (χ4n) is 2.13. The normalized spacial score (nSPS) is 9.86. The molecule has 0 aliphatic rings. The summed E-state index contributed by atoms with van der Waals surface area (Å²) in [6.45, 7) is 4.00. The Morgan fingerprint density at radius 1 is 0.952 bits per heavy atom. The predicted molar refractivity (Wildman–Crippen MR) is 87.9 cm³/mol. The van der Waals surface area contributed by atoms with Crippen molar-refractivity contribution in [2.75, 3.05) is 7.11 Å². The van der Waals surface area contributed by atoms with Gasteiger partial charge in [0.25, 0.3) is 0 Å². The molecule has 0 spiro atoms.